The van der Waals surface area contributed by atoms with Gasteiger partial charge in [-0.2, -0.15) is 0 Å². The van der Waals surface area contributed by atoms with Gasteiger partial charge in [0.05, 0.1) is 24.5 Å². The van der Waals surface area contributed by atoms with Gasteiger partial charge in [0.25, 0.3) is 0 Å². The van der Waals surface area contributed by atoms with Gasteiger partial charge in [-0.05, 0) is 19.1 Å². The molecule has 0 aliphatic rings. The Bertz CT molecular complexity index is 392. The first-order valence-electron chi connectivity index (χ1n) is 4.81. The Morgan fingerprint density at radius 1 is 1.44 bits per heavy atom. The molecule has 0 fully saturated rings. The van der Waals surface area contributed by atoms with Gasteiger partial charge in [-0.15, -0.1) is 0 Å². The Kier molecular flexibility index (Phi) is 4.41. The lowest BCUT2D eigenvalue weighted by Gasteiger charge is -2.07. The number of carbonyl (C=O) groups is 2. The summed E-state index contributed by atoms with van der Waals surface area (Å²) in [5, 5.41) is 5.01. The summed E-state index contributed by atoms with van der Waals surface area (Å²) in [6, 6.07) is 3.46. The van der Waals surface area contributed by atoms with Crippen molar-refractivity contribution in [3.63, 3.8) is 0 Å². The van der Waals surface area contributed by atoms with Gasteiger partial charge in [0.15, 0.2) is 0 Å². The standard InChI is InChI=1S/C10H14N4O2/c1-7-8(3-2-4-12-7)14-10(16)6-13-9(15)5-11/h2-4H,5-6,11H2,1H3,(H,13,15)(H,14,16). The van der Waals surface area contributed by atoms with E-state index in [-0.39, 0.29) is 24.9 Å². The smallest absolute Gasteiger partial charge is 0.243 e. The summed E-state index contributed by atoms with van der Waals surface area (Å²) >= 11 is 0. The number of nitrogens with one attached hydrogen (secondary N) is 2. The van der Waals surface area contributed by atoms with E-state index in [9.17, 15) is 9.59 Å². The van der Waals surface area contributed by atoms with Crippen LogP contribution in [-0.4, -0.2) is 29.9 Å². The topological polar surface area (TPSA) is 97.1 Å². The molecular formula is C10H14N4O2. The van der Waals surface area contributed by atoms with Crippen LogP contribution in [0.4, 0.5) is 5.69 Å². The van der Waals surface area contributed by atoms with E-state index >= 15 is 0 Å². The molecule has 0 spiro atoms. The summed E-state index contributed by atoms with van der Waals surface area (Å²) in [4.78, 5) is 26.2. The lowest BCUT2D eigenvalue weighted by Crippen LogP contribution is -2.36. The molecule has 2 amide bonds. The number of pyridine rings is 1. The molecule has 0 radical (unpaired) electrons. The Labute approximate surface area is 93.2 Å². The predicted octanol–water partition coefficient (Wildman–Crippen LogP) is -0.597. The molecule has 1 aromatic rings. The quantitative estimate of drug-likeness (QED) is 0.634. The number of hydrogen-bond acceptors (Lipinski definition) is 4. The van der Waals surface area contributed by atoms with Crippen LogP contribution < -0.4 is 16.4 Å². The van der Waals surface area contributed by atoms with Crippen molar-refractivity contribution in [2.75, 3.05) is 18.4 Å². The Balaban J connectivity index is 2.46. The van der Waals surface area contributed by atoms with Crippen molar-refractivity contribution >= 4 is 17.5 Å². The fourth-order valence-electron chi connectivity index (χ4n) is 1.06. The van der Waals surface area contributed by atoms with Gasteiger partial charge in [-0.3, -0.25) is 14.6 Å². The highest BCUT2D eigenvalue weighted by Gasteiger charge is 2.05. The molecule has 86 valence electrons. The Morgan fingerprint density at radius 2 is 2.19 bits per heavy atom. The molecular weight excluding hydrogens is 208 g/mol. The molecule has 0 aromatic carbocycles. The maximum absolute atomic E-state index is 11.4. The minimum Gasteiger partial charge on any atom is -0.346 e. The summed E-state index contributed by atoms with van der Waals surface area (Å²) in [6.45, 7) is 1.57. The second kappa shape index (κ2) is 5.82. The van der Waals surface area contributed by atoms with Crippen molar-refractivity contribution in [2.24, 2.45) is 5.73 Å². The number of carbonyl (C=O) groups excluding carboxylic acids is 2. The number of nitrogens with two attached hydrogens (primary N) is 1. The van der Waals surface area contributed by atoms with Gasteiger partial charge < -0.3 is 16.4 Å². The highest BCUT2D eigenvalue weighted by Crippen LogP contribution is 2.09. The summed E-state index contributed by atoms with van der Waals surface area (Å²) in [5.41, 5.74) is 6.44. The summed E-state index contributed by atoms with van der Waals surface area (Å²) < 4.78 is 0. The van der Waals surface area contributed by atoms with Crippen LogP contribution in [0.5, 0.6) is 0 Å². The molecule has 0 atom stereocenters. The summed E-state index contributed by atoms with van der Waals surface area (Å²) in [5.74, 6) is -0.670. The van der Waals surface area contributed by atoms with E-state index in [0.29, 0.717) is 5.69 Å². The zero-order valence-corrected chi connectivity index (χ0v) is 8.99. The highest BCUT2D eigenvalue weighted by molar-refractivity contribution is 5.95. The van der Waals surface area contributed by atoms with E-state index in [0.717, 1.165) is 5.69 Å². The number of nitrogens with zero attached hydrogens (tertiary/aromatic N) is 1. The van der Waals surface area contributed by atoms with Gasteiger partial charge in [0, 0.05) is 6.20 Å². The van der Waals surface area contributed by atoms with Crippen molar-refractivity contribution in [1.82, 2.24) is 10.3 Å². The van der Waals surface area contributed by atoms with Gasteiger partial charge in [0.2, 0.25) is 11.8 Å². The minimum atomic E-state index is -0.363. The second-order valence-corrected chi connectivity index (χ2v) is 3.17. The van der Waals surface area contributed by atoms with Crippen molar-refractivity contribution in [1.29, 1.82) is 0 Å². The number of hydrogen-bond donors (Lipinski definition) is 3. The van der Waals surface area contributed by atoms with Crippen LogP contribution in [0, 0.1) is 6.92 Å². The van der Waals surface area contributed by atoms with Crippen LogP contribution >= 0.6 is 0 Å². The van der Waals surface area contributed by atoms with Crippen LogP contribution in [0.25, 0.3) is 0 Å². The maximum atomic E-state index is 11.4. The molecule has 0 unspecified atom stereocenters. The summed E-state index contributed by atoms with van der Waals surface area (Å²) in [7, 11) is 0. The molecule has 4 N–H and O–H groups in total. The first kappa shape index (κ1) is 12.1. The van der Waals surface area contributed by atoms with E-state index in [1.165, 1.54) is 0 Å². The van der Waals surface area contributed by atoms with E-state index in [4.69, 9.17) is 5.73 Å². The first-order valence-corrected chi connectivity index (χ1v) is 4.81. The molecule has 0 aliphatic heterocycles. The van der Waals surface area contributed by atoms with E-state index in [2.05, 4.69) is 15.6 Å². The van der Waals surface area contributed by atoms with Crippen LogP contribution in [0.3, 0.4) is 0 Å². The van der Waals surface area contributed by atoms with E-state index in [1.807, 2.05) is 0 Å². The number of anilines is 1. The molecule has 16 heavy (non-hydrogen) atoms. The molecule has 0 bridgehead atoms. The SMILES string of the molecule is Cc1ncccc1NC(=O)CNC(=O)CN. The number of amides is 2. The third kappa shape index (κ3) is 3.66. The zero-order chi connectivity index (χ0) is 12.0. The average molecular weight is 222 g/mol. The monoisotopic (exact) mass is 222 g/mol. The fourth-order valence-corrected chi connectivity index (χ4v) is 1.06. The van der Waals surface area contributed by atoms with Crippen molar-refractivity contribution in [2.45, 2.75) is 6.92 Å². The van der Waals surface area contributed by atoms with E-state index in [1.54, 1.807) is 25.3 Å². The van der Waals surface area contributed by atoms with Crippen LogP contribution in [0.15, 0.2) is 18.3 Å². The minimum absolute atomic E-state index is 0.0929. The fraction of sp³-hybridized carbons (Fsp3) is 0.300. The lowest BCUT2D eigenvalue weighted by atomic mass is 10.3. The first-order chi connectivity index (χ1) is 7.63. The number of rotatable bonds is 4. The highest BCUT2D eigenvalue weighted by atomic mass is 16.2. The van der Waals surface area contributed by atoms with E-state index < -0.39 is 0 Å². The molecule has 1 heterocycles. The summed E-state index contributed by atoms with van der Waals surface area (Å²) in [6.07, 6.45) is 1.64. The van der Waals surface area contributed by atoms with Crippen LogP contribution in [0.2, 0.25) is 0 Å². The molecule has 1 aromatic heterocycles. The van der Waals surface area contributed by atoms with Crippen LogP contribution in [-0.2, 0) is 9.59 Å². The van der Waals surface area contributed by atoms with Crippen molar-refractivity contribution in [3.8, 4) is 0 Å². The molecule has 0 saturated carbocycles. The zero-order valence-electron chi connectivity index (χ0n) is 8.99. The molecule has 0 saturated heterocycles. The van der Waals surface area contributed by atoms with Gasteiger partial charge in [0.1, 0.15) is 0 Å². The van der Waals surface area contributed by atoms with Crippen molar-refractivity contribution < 1.29 is 9.59 Å². The number of aromatic nitrogens is 1. The van der Waals surface area contributed by atoms with Crippen LogP contribution in [0.1, 0.15) is 5.69 Å². The van der Waals surface area contributed by atoms with Gasteiger partial charge >= 0.3 is 0 Å². The largest absolute Gasteiger partial charge is 0.346 e. The predicted molar refractivity (Wildman–Crippen MR) is 59.7 cm³/mol. The lowest BCUT2D eigenvalue weighted by molar-refractivity contribution is -0.123. The van der Waals surface area contributed by atoms with Crippen molar-refractivity contribution in [3.05, 3.63) is 24.0 Å². The molecule has 0 aliphatic carbocycles. The van der Waals surface area contributed by atoms with Gasteiger partial charge in [-0.25, -0.2) is 0 Å². The third-order valence-electron chi connectivity index (χ3n) is 1.91. The maximum Gasteiger partial charge on any atom is 0.243 e. The normalized spacial score (nSPS) is 9.62. The Hall–Kier alpha value is -1.95. The number of aryl methyl sites for hydroxylation is 1. The second-order valence-electron chi connectivity index (χ2n) is 3.17. The molecule has 6 nitrogen and oxygen atoms in total. The van der Waals surface area contributed by atoms with Gasteiger partial charge in [-0.1, -0.05) is 0 Å². The molecule has 1 rings (SSSR count). The molecule has 6 heteroatoms. The Morgan fingerprint density at radius 3 is 2.81 bits per heavy atom. The third-order valence-corrected chi connectivity index (χ3v) is 1.91. The average Bonchev–Trinajstić information content (AvgIpc) is 2.29.